The van der Waals surface area contributed by atoms with E-state index in [0.717, 1.165) is 0 Å². The lowest BCUT2D eigenvalue weighted by Gasteiger charge is -2.05. The van der Waals surface area contributed by atoms with Crippen molar-refractivity contribution in [1.29, 1.82) is 0 Å². The minimum Gasteiger partial charge on any atom is -0.497 e. The zero-order valence-corrected chi connectivity index (χ0v) is 10.5. The van der Waals surface area contributed by atoms with Gasteiger partial charge in [-0.3, -0.25) is 0 Å². The Morgan fingerprint density at radius 1 is 1.42 bits per heavy atom. The molecule has 0 radical (unpaired) electrons. The van der Waals surface area contributed by atoms with E-state index in [2.05, 4.69) is 15.0 Å². The van der Waals surface area contributed by atoms with Crippen molar-refractivity contribution in [3.8, 4) is 5.75 Å². The first-order chi connectivity index (χ1) is 9.13. The quantitative estimate of drug-likeness (QED) is 0.779. The molecular formula is C12H12FN3O3. The molecule has 19 heavy (non-hydrogen) atoms. The van der Waals surface area contributed by atoms with Crippen molar-refractivity contribution in [2.24, 2.45) is 0 Å². The van der Waals surface area contributed by atoms with Crippen LogP contribution < -0.4 is 4.74 Å². The van der Waals surface area contributed by atoms with Gasteiger partial charge in [0.05, 0.1) is 27.0 Å². The second-order valence-corrected chi connectivity index (χ2v) is 3.75. The van der Waals surface area contributed by atoms with Gasteiger partial charge in [0.25, 0.3) is 0 Å². The van der Waals surface area contributed by atoms with Gasteiger partial charge in [0.2, 0.25) is 0 Å². The predicted octanol–water partition coefficient (Wildman–Crippen LogP) is 1.26. The summed E-state index contributed by atoms with van der Waals surface area (Å²) in [5, 5.41) is 7.37. The van der Waals surface area contributed by atoms with E-state index in [4.69, 9.17) is 4.74 Å². The largest absolute Gasteiger partial charge is 0.497 e. The first kappa shape index (κ1) is 13.0. The van der Waals surface area contributed by atoms with Gasteiger partial charge in [0, 0.05) is 11.6 Å². The highest BCUT2D eigenvalue weighted by molar-refractivity contribution is 5.86. The van der Waals surface area contributed by atoms with Crippen LogP contribution in [0.15, 0.2) is 24.4 Å². The van der Waals surface area contributed by atoms with E-state index in [0.29, 0.717) is 11.3 Å². The Morgan fingerprint density at radius 2 is 2.21 bits per heavy atom. The topological polar surface area (TPSA) is 66.2 Å². The van der Waals surface area contributed by atoms with Crippen molar-refractivity contribution in [3.05, 3.63) is 41.5 Å². The molecular weight excluding hydrogens is 253 g/mol. The van der Waals surface area contributed by atoms with Crippen molar-refractivity contribution in [3.63, 3.8) is 0 Å². The van der Waals surface area contributed by atoms with Gasteiger partial charge in [-0.25, -0.2) is 13.9 Å². The normalized spacial score (nSPS) is 10.3. The van der Waals surface area contributed by atoms with E-state index in [9.17, 15) is 9.18 Å². The summed E-state index contributed by atoms with van der Waals surface area (Å²) in [5.41, 5.74) is 0.499. The molecule has 0 saturated carbocycles. The Morgan fingerprint density at radius 3 is 2.84 bits per heavy atom. The fraction of sp³-hybridized carbons (Fsp3) is 0.250. The number of benzene rings is 1. The molecule has 2 rings (SSSR count). The maximum absolute atomic E-state index is 13.7. The van der Waals surface area contributed by atoms with Gasteiger partial charge in [-0.1, -0.05) is 11.3 Å². The number of esters is 1. The molecule has 2 aromatic rings. The summed E-state index contributed by atoms with van der Waals surface area (Å²) >= 11 is 0. The molecule has 1 heterocycles. The Balaban J connectivity index is 2.17. The Labute approximate surface area is 108 Å². The van der Waals surface area contributed by atoms with E-state index < -0.39 is 11.8 Å². The number of hydrogen-bond acceptors (Lipinski definition) is 5. The molecule has 100 valence electrons. The summed E-state index contributed by atoms with van der Waals surface area (Å²) in [4.78, 5) is 11.2. The monoisotopic (exact) mass is 265 g/mol. The molecule has 0 N–H and O–H groups in total. The fourth-order valence-corrected chi connectivity index (χ4v) is 1.53. The lowest BCUT2D eigenvalue weighted by molar-refractivity contribution is 0.0594. The predicted molar refractivity (Wildman–Crippen MR) is 63.4 cm³/mol. The van der Waals surface area contributed by atoms with E-state index in [1.807, 2.05) is 0 Å². The smallest absolute Gasteiger partial charge is 0.360 e. The van der Waals surface area contributed by atoms with Gasteiger partial charge in [-0.2, -0.15) is 0 Å². The molecule has 0 unspecified atom stereocenters. The SMILES string of the molecule is COC(=O)c1cn(Cc2ccc(OC)cc2F)nn1. The third-order valence-corrected chi connectivity index (χ3v) is 2.53. The van der Waals surface area contributed by atoms with E-state index in [-0.39, 0.29) is 12.2 Å². The number of rotatable bonds is 4. The van der Waals surface area contributed by atoms with Crippen LogP contribution in [-0.4, -0.2) is 35.2 Å². The molecule has 0 atom stereocenters. The van der Waals surface area contributed by atoms with Crippen LogP contribution in [0.1, 0.15) is 16.1 Å². The number of aromatic nitrogens is 3. The second-order valence-electron chi connectivity index (χ2n) is 3.75. The van der Waals surface area contributed by atoms with E-state index >= 15 is 0 Å². The summed E-state index contributed by atoms with van der Waals surface area (Å²) < 4.78 is 24.5. The summed E-state index contributed by atoms with van der Waals surface area (Å²) in [6.07, 6.45) is 1.40. The molecule has 1 aromatic heterocycles. The number of carbonyl (C=O) groups is 1. The first-order valence-electron chi connectivity index (χ1n) is 5.45. The van der Waals surface area contributed by atoms with Crippen LogP contribution in [0.25, 0.3) is 0 Å². The maximum Gasteiger partial charge on any atom is 0.360 e. The van der Waals surface area contributed by atoms with Crippen molar-refractivity contribution in [2.75, 3.05) is 14.2 Å². The van der Waals surface area contributed by atoms with Gasteiger partial charge < -0.3 is 9.47 Å². The molecule has 0 amide bonds. The van der Waals surface area contributed by atoms with Crippen LogP contribution in [0.2, 0.25) is 0 Å². The maximum atomic E-state index is 13.7. The molecule has 7 heteroatoms. The summed E-state index contributed by atoms with van der Waals surface area (Å²) in [6, 6.07) is 4.53. The van der Waals surface area contributed by atoms with Gasteiger partial charge in [-0.15, -0.1) is 5.10 Å². The number of nitrogens with zero attached hydrogens (tertiary/aromatic N) is 3. The first-order valence-corrected chi connectivity index (χ1v) is 5.45. The van der Waals surface area contributed by atoms with E-state index in [1.54, 1.807) is 12.1 Å². The molecule has 0 spiro atoms. The minimum absolute atomic E-state index is 0.0800. The lowest BCUT2D eigenvalue weighted by Crippen LogP contribution is -2.03. The molecule has 0 aliphatic rings. The van der Waals surface area contributed by atoms with Gasteiger partial charge in [0.1, 0.15) is 11.6 Å². The number of ether oxygens (including phenoxy) is 2. The average molecular weight is 265 g/mol. The zero-order chi connectivity index (χ0) is 13.8. The van der Waals surface area contributed by atoms with E-state index in [1.165, 1.54) is 31.2 Å². The molecule has 6 nitrogen and oxygen atoms in total. The highest BCUT2D eigenvalue weighted by atomic mass is 19.1. The Kier molecular flexibility index (Phi) is 3.74. The lowest BCUT2D eigenvalue weighted by atomic mass is 10.2. The second kappa shape index (κ2) is 5.47. The molecule has 0 aliphatic heterocycles. The van der Waals surface area contributed by atoms with Gasteiger partial charge in [0.15, 0.2) is 5.69 Å². The highest BCUT2D eigenvalue weighted by Crippen LogP contribution is 2.16. The van der Waals surface area contributed by atoms with Gasteiger partial charge >= 0.3 is 5.97 Å². The van der Waals surface area contributed by atoms with Gasteiger partial charge in [-0.05, 0) is 6.07 Å². The summed E-state index contributed by atoms with van der Waals surface area (Å²) in [7, 11) is 2.72. The third kappa shape index (κ3) is 2.87. The zero-order valence-electron chi connectivity index (χ0n) is 10.5. The Bertz CT molecular complexity index is 598. The van der Waals surface area contributed by atoms with Crippen LogP contribution in [0.3, 0.4) is 0 Å². The molecule has 0 saturated heterocycles. The highest BCUT2D eigenvalue weighted by Gasteiger charge is 2.12. The van der Waals surface area contributed by atoms with Crippen LogP contribution in [0, 0.1) is 5.82 Å². The molecule has 1 aromatic carbocycles. The van der Waals surface area contributed by atoms with Crippen LogP contribution >= 0.6 is 0 Å². The molecule has 0 fully saturated rings. The van der Waals surface area contributed by atoms with Crippen LogP contribution in [-0.2, 0) is 11.3 Å². The third-order valence-electron chi connectivity index (χ3n) is 2.53. The van der Waals surface area contributed by atoms with Crippen molar-refractivity contribution in [1.82, 2.24) is 15.0 Å². The summed E-state index contributed by atoms with van der Waals surface area (Å²) in [5.74, 6) is -0.550. The summed E-state index contributed by atoms with van der Waals surface area (Å²) in [6.45, 7) is 0.166. The number of halogens is 1. The van der Waals surface area contributed by atoms with Crippen molar-refractivity contribution < 1.29 is 18.7 Å². The molecule has 0 aliphatic carbocycles. The van der Waals surface area contributed by atoms with Crippen LogP contribution in [0.5, 0.6) is 5.75 Å². The standard InChI is InChI=1S/C12H12FN3O3/c1-18-9-4-3-8(10(13)5-9)6-16-7-11(14-15-16)12(17)19-2/h3-5,7H,6H2,1-2H3. The minimum atomic E-state index is -0.582. The fourth-order valence-electron chi connectivity index (χ4n) is 1.53. The van der Waals surface area contributed by atoms with Crippen molar-refractivity contribution in [2.45, 2.75) is 6.54 Å². The van der Waals surface area contributed by atoms with Crippen molar-refractivity contribution >= 4 is 5.97 Å². The number of methoxy groups -OCH3 is 2. The average Bonchev–Trinajstić information content (AvgIpc) is 2.88. The number of hydrogen-bond donors (Lipinski definition) is 0. The number of carbonyl (C=O) groups excluding carboxylic acids is 1. The molecule has 0 bridgehead atoms. The van der Waals surface area contributed by atoms with Crippen LogP contribution in [0.4, 0.5) is 4.39 Å². The Hall–Kier alpha value is -2.44.